The predicted octanol–water partition coefficient (Wildman–Crippen LogP) is 4.89. The number of nitrogens with zero attached hydrogens (tertiary/aromatic N) is 2. The molecule has 0 fully saturated rings. The summed E-state index contributed by atoms with van der Waals surface area (Å²) in [5.74, 6) is 0.0215. The van der Waals surface area contributed by atoms with Crippen molar-refractivity contribution in [3.05, 3.63) is 56.0 Å². The number of nitrogen functional groups attached to an aromatic ring is 1. The third-order valence-electron chi connectivity index (χ3n) is 3.88. The number of hydrogen-bond acceptors (Lipinski definition) is 6. The number of halogens is 1. The van der Waals surface area contributed by atoms with Crippen LogP contribution in [0.3, 0.4) is 0 Å². The maximum absolute atomic E-state index is 12.6. The predicted molar refractivity (Wildman–Crippen MR) is 109 cm³/mol. The van der Waals surface area contributed by atoms with E-state index < -0.39 is 10.8 Å². The lowest BCUT2D eigenvalue weighted by Crippen LogP contribution is -2.12. The molecule has 2 aromatic heterocycles. The van der Waals surface area contributed by atoms with Crippen molar-refractivity contribution in [3.8, 4) is 0 Å². The Morgan fingerprint density at radius 3 is 2.78 bits per heavy atom. The molecule has 2 heterocycles. The van der Waals surface area contributed by atoms with E-state index in [4.69, 9.17) is 17.3 Å². The summed E-state index contributed by atoms with van der Waals surface area (Å²) in [7, 11) is 0. The summed E-state index contributed by atoms with van der Waals surface area (Å²) in [6.45, 7) is 4.22. The first-order valence-corrected chi connectivity index (χ1v) is 9.39. The van der Waals surface area contributed by atoms with Crippen LogP contribution < -0.4 is 11.1 Å². The standard InChI is InChI=1S/C18H17ClN4O3S/c1-9(2)7-10-3-5-12-15(20)16(27-18(12)22-10)17(24)21-11-4-6-13(19)14(8-11)23(25)26/h3-6,8-9H,7,20H2,1-2H3,(H,21,24). The summed E-state index contributed by atoms with van der Waals surface area (Å²) in [4.78, 5) is 28.6. The highest BCUT2D eigenvalue weighted by molar-refractivity contribution is 7.21. The quantitative estimate of drug-likeness (QED) is 0.464. The Balaban J connectivity index is 1.90. The van der Waals surface area contributed by atoms with Gasteiger partial charge in [0.1, 0.15) is 14.7 Å². The van der Waals surface area contributed by atoms with Gasteiger partial charge in [-0.1, -0.05) is 25.4 Å². The fourth-order valence-electron chi connectivity index (χ4n) is 2.65. The van der Waals surface area contributed by atoms with Gasteiger partial charge in [-0.2, -0.15) is 0 Å². The SMILES string of the molecule is CC(C)Cc1ccc2c(N)c(C(=O)Nc3ccc(Cl)c([N+](=O)[O-])c3)sc2n1. The molecule has 3 aromatic rings. The monoisotopic (exact) mass is 404 g/mol. The van der Waals surface area contributed by atoms with Gasteiger partial charge in [0.25, 0.3) is 11.6 Å². The summed E-state index contributed by atoms with van der Waals surface area (Å²) in [5.41, 5.74) is 7.40. The number of pyridine rings is 1. The summed E-state index contributed by atoms with van der Waals surface area (Å²) >= 11 is 6.99. The van der Waals surface area contributed by atoms with Gasteiger partial charge in [-0.25, -0.2) is 4.98 Å². The topological polar surface area (TPSA) is 111 Å². The average Bonchev–Trinajstić information content (AvgIpc) is 2.92. The number of hydrogen-bond donors (Lipinski definition) is 2. The van der Waals surface area contributed by atoms with Crippen molar-refractivity contribution in [1.29, 1.82) is 0 Å². The largest absolute Gasteiger partial charge is 0.397 e. The smallest absolute Gasteiger partial charge is 0.289 e. The summed E-state index contributed by atoms with van der Waals surface area (Å²) < 4.78 is 0. The first kappa shape index (κ1) is 19.1. The van der Waals surface area contributed by atoms with E-state index in [9.17, 15) is 14.9 Å². The van der Waals surface area contributed by atoms with E-state index in [2.05, 4.69) is 24.1 Å². The number of amides is 1. The van der Waals surface area contributed by atoms with E-state index in [1.807, 2.05) is 12.1 Å². The Morgan fingerprint density at radius 1 is 1.37 bits per heavy atom. The molecule has 7 nitrogen and oxygen atoms in total. The molecule has 0 aliphatic carbocycles. The first-order chi connectivity index (χ1) is 12.8. The van der Waals surface area contributed by atoms with Crippen molar-refractivity contribution in [2.45, 2.75) is 20.3 Å². The fourth-order valence-corrected chi connectivity index (χ4v) is 3.85. The van der Waals surface area contributed by atoms with Gasteiger partial charge < -0.3 is 11.1 Å². The molecule has 3 N–H and O–H groups in total. The Kier molecular flexibility index (Phi) is 5.29. The van der Waals surface area contributed by atoms with E-state index in [0.29, 0.717) is 21.3 Å². The van der Waals surface area contributed by atoms with Crippen LogP contribution in [0.25, 0.3) is 10.2 Å². The molecule has 0 bridgehead atoms. The second-order valence-electron chi connectivity index (χ2n) is 6.48. The minimum atomic E-state index is -0.605. The van der Waals surface area contributed by atoms with Crippen molar-refractivity contribution in [2.24, 2.45) is 5.92 Å². The Labute approximate surface area is 164 Å². The number of nitrogens with one attached hydrogen (secondary N) is 1. The molecular weight excluding hydrogens is 388 g/mol. The van der Waals surface area contributed by atoms with E-state index >= 15 is 0 Å². The fraction of sp³-hybridized carbons (Fsp3) is 0.222. The molecule has 0 saturated heterocycles. The van der Waals surface area contributed by atoms with Gasteiger partial charge in [-0.05, 0) is 36.6 Å². The molecule has 3 rings (SSSR count). The normalized spacial score (nSPS) is 11.1. The molecule has 0 saturated carbocycles. The van der Waals surface area contributed by atoms with Crippen LogP contribution in [-0.2, 0) is 6.42 Å². The number of aromatic nitrogens is 1. The number of thiophene rings is 1. The minimum absolute atomic E-state index is 0.00116. The van der Waals surface area contributed by atoms with Crippen molar-refractivity contribution in [3.63, 3.8) is 0 Å². The summed E-state index contributed by atoms with van der Waals surface area (Å²) in [6.07, 6.45) is 0.837. The molecule has 0 aliphatic rings. The average molecular weight is 405 g/mol. The number of nitrogens with two attached hydrogens (primary N) is 1. The van der Waals surface area contributed by atoms with Crippen LogP contribution >= 0.6 is 22.9 Å². The Hall–Kier alpha value is -2.71. The minimum Gasteiger partial charge on any atom is -0.397 e. The molecule has 27 heavy (non-hydrogen) atoms. The lowest BCUT2D eigenvalue weighted by Gasteiger charge is -2.05. The van der Waals surface area contributed by atoms with Crippen LogP contribution in [0.15, 0.2) is 30.3 Å². The molecular formula is C18H17ClN4O3S. The van der Waals surface area contributed by atoms with Gasteiger partial charge in [0.05, 0.1) is 10.6 Å². The lowest BCUT2D eigenvalue weighted by atomic mass is 10.1. The van der Waals surface area contributed by atoms with Crippen LogP contribution in [0, 0.1) is 16.0 Å². The van der Waals surface area contributed by atoms with Gasteiger partial charge >= 0.3 is 0 Å². The number of benzene rings is 1. The Morgan fingerprint density at radius 2 is 2.11 bits per heavy atom. The van der Waals surface area contributed by atoms with Crippen LogP contribution in [0.5, 0.6) is 0 Å². The number of fused-ring (bicyclic) bond motifs is 1. The van der Waals surface area contributed by atoms with Gasteiger partial charge in [0, 0.05) is 22.8 Å². The molecule has 0 radical (unpaired) electrons. The zero-order valence-corrected chi connectivity index (χ0v) is 16.2. The van der Waals surface area contributed by atoms with E-state index in [1.54, 1.807) is 0 Å². The molecule has 0 atom stereocenters. The zero-order valence-electron chi connectivity index (χ0n) is 14.7. The Bertz CT molecular complexity index is 1050. The van der Waals surface area contributed by atoms with Crippen LogP contribution in [0.1, 0.15) is 29.2 Å². The van der Waals surface area contributed by atoms with Gasteiger partial charge in [-0.3, -0.25) is 14.9 Å². The van der Waals surface area contributed by atoms with E-state index in [1.165, 1.54) is 29.5 Å². The van der Waals surface area contributed by atoms with Crippen molar-refractivity contribution in [2.75, 3.05) is 11.1 Å². The molecule has 0 aliphatic heterocycles. The van der Waals surface area contributed by atoms with Crippen LogP contribution in [0.2, 0.25) is 5.02 Å². The van der Waals surface area contributed by atoms with Crippen molar-refractivity contribution >= 4 is 56.1 Å². The zero-order chi connectivity index (χ0) is 19.7. The summed E-state index contributed by atoms with van der Waals surface area (Å²) in [6, 6.07) is 7.85. The number of anilines is 2. The first-order valence-electron chi connectivity index (χ1n) is 8.19. The third kappa shape index (κ3) is 4.01. The molecule has 1 amide bonds. The number of nitro benzene ring substituents is 1. The van der Waals surface area contributed by atoms with Gasteiger partial charge in [0.2, 0.25) is 0 Å². The van der Waals surface area contributed by atoms with Crippen molar-refractivity contribution < 1.29 is 9.72 Å². The lowest BCUT2D eigenvalue weighted by molar-refractivity contribution is -0.384. The molecule has 0 spiro atoms. The second-order valence-corrected chi connectivity index (χ2v) is 7.88. The van der Waals surface area contributed by atoms with Gasteiger partial charge in [-0.15, -0.1) is 11.3 Å². The highest BCUT2D eigenvalue weighted by Gasteiger charge is 2.19. The van der Waals surface area contributed by atoms with E-state index in [0.717, 1.165) is 17.5 Å². The summed E-state index contributed by atoms with van der Waals surface area (Å²) in [5, 5.41) is 14.3. The molecule has 9 heteroatoms. The molecule has 1 aromatic carbocycles. The maximum Gasteiger partial charge on any atom is 0.289 e. The third-order valence-corrected chi connectivity index (χ3v) is 5.31. The van der Waals surface area contributed by atoms with E-state index in [-0.39, 0.29) is 16.4 Å². The molecule has 0 unspecified atom stereocenters. The second kappa shape index (κ2) is 7.50. The number of nitro groups is 1. The molecule has 140 valence electrons. The van der Waals surface area contributed by atoms with Crippen LogP contribution in [0.4, 0.5) is 17.1 Å². The number of carbonyl (C=O) groups excluding carboxylic acids is 1. The highest BCUT2D eigenvalue weighted by atomic mass is 35.5. The number of rotatable bonds is 5. The van der Waals surface area contributed by atoms with Crippen LogP contribution in [-0.4, -0.2) is 15.8 Å². The maximum atomic E-state index is 12.6. The van der Waals surface area contributed by atoms with Crippen molar-refractivity contribution in [1.82, 2.24) is 4.98 Å². The number of carbonyl (C=O) groups is 1. The highest BCUT2D eigenvalue weighted by Crippen LogP contribution is 2.34. The van der Waals surface area contributed by atoms with Gasteiger partial charge in [0.15, 0.2) is 0 Å².